The van der Waals surface area contributed by atoms with E-state index in [9.17, 15) is 4.79 Å². The van der Waals surface area contributed by atoms with Crippen LogP contribution in [0.5, 0.6) is 0 Å². The van der Waals surface area contributed by atoms with Gasteiger partial charge in [0.15, 0.2) is 0 Å². The average molecular weight is 310 g/mol. The Kier molecular flexibility index (Phi) is 5.09. The molecule has 4 nitrogen and oxygen atoms in total. The SMILES string of the molecule is CCNc1ccc(Cl)c(CN2CCC(C)(C)CCC2=O)n1. The van der Waals surface area contributed by atoms with Crippen LogP contribution in [0, 0.1) is 5.41 Å². The predicted molar refractivity (Wildman–Crippen MR) is 86.5 cm³/mol. The molecular weight excluding hydrogens is 286 g/mol. The summed E-state index contributed by atoms with van der Waals surface area (Å²) in [4.78, 5) is 18.7. The molecule has 0 aromatic carbocycles. The number of nitrogens with zero attached hydrogens (tertiary/aromatic N) is 2. The molecule has 0 spiro atoms. The number of halogens is 1. The van der Waals surface area contributed by atoms with Crippen molar-refractivity contribution in [3.8, 4) is 0 Å². The number of rotatable bonds is 4. The highest BCUT2D eigenvalue weighted by Crippen LogP contribution is 2.31. The fraction of sp³-hybridized carbons (Fsp3) is 0.625. The molecule has 0 radical (unpaired) electrons. The van der Waals surface area contributed by atoms with Crippen LogP contribution in [0.3, 0.4) is 0 Å². The Labute approximate surface area is 131 Å². The first-order chi connectivity index (χ1) is 9.91. The predicted octanol–water partition coefficient (Wildman–Crippen LogP) is 3.71. The number of carbonyl (C=O) groups is 1. The van der Waals surface area contributed by atoms with Crippen molar-refractivity contribution in [2.75, 3.05) is 18.4 Å². The van der Waals surface area contributed by atoms with Crippen molar-refractivity contribution in [2.24, 2.45) is 5.41 Å². The van der Waals surface area contributed by atoms with Crippen LogP contribution in [0.4, 0.5) is 5.82 Å². The summed E-state index contributed by atoms with van der Waals surface area (Å²) in [6.07, 6.45) is 2.57. The first-order valence-corrected chi connectivity index (χ1v) is 7.96. The Morgan fingerprint density at radius 3 is 2.86 bits per heavy atom. The van der Waals surface area contributed by atoms with E-state index in [-0.39, 0.29) is 11.3 Å². The second kappa shape index (κ2) is 6.65. The van der Waals surface area contributed by atoms with E-state index in [1.807, 2.05) is 24.0 Å². The second-order valence-corrected chi connectivity index (χ2v) is 6.79. The first kappa shape index (κ1) is 16.1. The molecule has 1 aromatic rings. The maximum absolute atomic E-state index is 12.3. The number of amides is 1. The molecule has 1 aromatic heterocycles. The number of anilines is 1. The smallest absolute Gasteiger partial charge is 0.222 e. The van der Waals surface area contributed by atoms with Crippen molar-refractivity contribution in [1.82, 2.24) is 9.88 Å². The van der Waals surface area contributed by atoms with E-state index in [1.54, 1.807) is 0 Å². The molecule has 2 rings (SSSR count). The number of aromatic nitrogens is 1. The van der Waals surface area contributed by atoms with Gasteiger partial charge < -0.3 is 10.2 Å². The highest BCUT2D eigenvalue weighted by molar-refractivity contribution is 6.31. The quantitative estimate of drug-likeness (QED) is 0.922. The molecule has 1 aliphatic rings. The molecule has 0 unspecified atom stereocenters. The van der Waals surface area contributed by atoms with Crippen LogP contribution in [-0.4, -0.2) is 28.9 Å². The summed E-state index contributed by atoms with van der Waals surface area (Å²) < 4.78 is 0. The Balaban J connectivity index is 2.13. The van der Waals surface area contributed by atoms with Gasteiger partial charge >= 0.3 is 0 Å². The summed E-state index contributed by atoms with van der Waals surface area (Å²) in [7, 11) is 0. The van der Waals surface area contributed by atoms with Gasteiger partial charge in [0.25, 0.3) is 0 Å². The molecule has 116 valence electrons. The fourth-order valence-electron chi connectivity index (χ4n) is 2.51. The van der Waals surface area contributed by atoms with Crippen LogP contribution >= 0.6 is 11.6 Å². The lowest BCUT2D eigenvalue weighted by atomic mass is 9.85. The molecule has 1 N–H and O–H groups in total. The second-order valence-electron chi connectivity index (χ2n) is 6.38. The molecule has 1 amide bonds. The highest BCUT2D eigenvalue weighted by Gasteiger charge is 2.27. The zero-order chi connectivity index (χ0) is 15.5. The number of nitrogens with one attached hydrogen (secondary N) is 1. The van der Waals surface area contributed by atoms with E-state index in [1.165, 1.54) is 0 Å². The molecule has 0 aliphatic carbocycles. The fourth-order valence-corrected chi connectivity index (χ4v) is 2.68. The lowest BCUT2D eigenvalue weighted by Gasteiger charge is -2.23. The van der Waals surface area contributed by atoms with Gasteiger partial charge in [0.05, 0.1) is 17.3 Å². The van der Waals surface area contributed by atoms with Crippen molar-refractivity contribution in [1.29, 1.82) is 0 Å². The van der Waals surface area contributed by atoms with Crippen LogP contribution < -0.4 is 5.32 Å². The van der Waals surface area contributed by atoms with Gasteiger partial charge in [-0.2, -0.15) is 0 Å². The molecule has 1 saturated heterocycles. The molecular formula is C16H24ClN3O. The van der Waals surface area contributed by atoms with E-state index in [0.29, 0.717) is 18.0 Å². The third-order valence-corrected chi connectivity index (χ3v) is 4.39. The minimum absolute atomic E-state index is 0.201. The Morgan fingerprint density at radius 1 is 1.38 bits per heavy atom. The Bertz CT molecular complexity index is 516. The van der Waals surface area contributed by atoms with Crippen molar-refractivity contribution >= 4 is 23.3 Å². The van der Waals surface area contributed by atoms with Crippen LogP contribution in [0.15, 0.2) is 12.1 Å². The minimum Gasteiger partial charge on any atom is -0.370 e. The average Bonchev–Trinajstić information content (AvgIpc) is 2.56. The maximum atomic E-state index is 12.3. The maximum Gasteiger partial charge on any atom is 0.222 e. The number of pyridine rings is 1. The van der Waals surface area contributed by atoms with Crippen LogP contribution in [0.2, 0.25) is 5.02 Å². The van der Waals surface area contributed by atoms with Crippen molar-refractivity contribution in [3.05, 3.63) is 22.8 Å². The van der Waals surface area contributed by atoms with Crippen molar-refractivity contribution in [3.63, 3.8) is 0 Å². The zero-order valence-electron chi connectivity index (χ0n) is 13.1. The van der Waals surface area contributed by atoms with Gasteiger partial charge in [-0.05, 0) is 37.3 Å². The summed E-state index contributed by atoms with van der Waals surface area (Å²) in [6, 6.07) is 3.71. The lowest BCUT2D eigenvalue weighted by Crippen LogP contribution is -2.30. The molecule has 1 fully saturated rings. The standard InChI is InChI=1S/C16H24ClN3O/c1-4-18-14-6-5-12(17)13(19-14)11-20-10-9-16(2,3)8-7-15(20)21/h5-6H,4,7-11H2,1-3H3,(H,18,19). The molecule has 5 heteroatoms. The van der Waals surface area contributed by atoms with Crippen molar-refractivity contribution in [2.45, 2.75) is 46.6 Å². The van der Waals surface area contributed by atoms with Gasteiger partial charge in [0.2, 0.25) is 5.91 Å². The number of hydrogen-bond acceptors (Lipinski definition) is 3. The van der Waals surface area contributed by atoms with Crippen LogP contribution in [0.25, 0.3) is 0 Å². The molecule has 0 saturated carbocycles. The van der Waals surface area contributed by atoms with Gasteiger partial charge in [0, 0.05) is 19.5 Å². The van der Waals surface area contributed by atoms with Crippen LogP contribution in [0.1, 0.15) is 45.7 Å². The van der Waals surface area contributed by atoms with Gasteiger partial charge in [-0.3, -0.25) is 4.79 Å². The normalized spacial score (nSPS) is 18.5. The number of likely N-dealkylation sites (tertiary alicyclic amines) is 1. The van der Waals surface area contributed by atoms with E-state index >= 15 is 0 Å². The van der Waals surface area contributed by atoms with E-state index < -0.39 is 0 Å². The third-order valence-electron chi connectivity index (χ3n) is 4.04. The summed E-state index contributed by atoms with van der Waals surface area (Å²) >= 11 is 6.23. The van der Waals surface area contributed by atoms with E-state index in [4.69, 9.17) is 11.6 Å². The molecule has 21 heavy (non-hydrogen) atoms. The largest absolute Gasteiger partial charge is 0.370 e. The van der Waals surface area contributed by atoms with E-state index in [0.717, 1.165) is 37.4 Å². The van der Waals surface area contributed by atoms with Crippen molar-refractivity contribution < 1.29 is 4.79 Å². The van der Waals surface area contributed by atoms with E-state index in [2.05, 4.69) is 24.1 Å². The third kappa shape index (κ3) is 4.34. The van der Waals surface area contributed by atoms with Gasteiger partial charge in [-0.15, -0.1) is 0 Å². The molecule has 0 bridgehead atoms. The summed E-state index contributed by atoms with van der Waals surface area (Å²) in [5.41, 5.74) is 0.996. The van der Waals surface area contributed by atoms with Gasteiger partial charge in [0.1, 0.15) is 5.82 Å². The Hall–Kier alpha value is -1.29. The summed E-state index contributed by atoms with van der Waals surface area (Å²) in [5.74, 6) is 1.01. The van der Waals surface area contributed by atoms with Gasteiger partial charge in [-0.1, -0.05) is 25.4 Å². The summed E-state index contributed by atoms with van der Waals surface area (Å²) in [5, 5.41) is 3.79. The van der Waals surface area contributed by atoms with Gasteiger partial charge in [-0.25, -0.2) is 4.98 Å². The lowest BCUT2D eigenvalue weighted by molar-refractivity contribution is -0.131. The minimum atomic E-state index is 0.201. The topological polar surface area (TPSA) is 45.2 Å². The molecule has 2 heterocycles. The number of carbonyl (C=O) groups excluding carboxylic acids is 1. The first-order valence-electron chi connectivity index (χ1n) is 7.58. The molecule has 0 atom stereocenters. The number of hydrogen-bond donors (Lipinski definition) is 1. The zero-order valence-corrected chi connectivity index (χ0v) is 13.8. The monoisotopic (exact) mass is 309 g/mol. The van der Waals surface area contributed by atoms with Crippen LogP contribution in [-0.2, 0) is 11.3 Å². The molecule has 1 aliphatic heterocycles. The summed E-state index contributed by atoms with van der Waals surface area (Å²) in [6.45, 7) is 8.55. The highest BCUT2D eigenvalue weighted by atomic mass is 35.5. The Morgan fingerprint density at radius 2 is 2.14 bits per heavy atom.